The van der Waals surface area contributed by atoms with Crippen LogP contribution in [0.1, 0.15) is 11.3 Å². The largest absolute Gasteiger partial charge is 0.312 e. The van der Waals surface area contributed by atoms with Crippen LogP contribution in [0.5, 0.6) is 0 Å². The third kappa shape index (κ3) is 2.19. The molecule has 3 aromatic rings. The SMILES string of the molecule is Fc1ccc(-c2nn(-c3ccccn3)c3c2CNCC3)cc1. The Labute approximate surface area is 127 Å². The van der Waals surface area contributed by atoms with E-state index < -0.39 is 0 Å². The van der Waals surface area contributed by atoms with Crippen molar-refractivity contribution in [3.05, 3.63) is 65.7 Å². The number of halogens is 1. The van der Waals surface area contributed by atoms with E-state index in [1.165, 1.54) is 23.4 Å². The average Bonchev–Trinajstić information content (AvgIpc) is 2.96. The van der Waals surface area contributed by atoms with Gasteiger partial charge >= 0.3 is 0 Å². The van der Waals surface area contributed by atoms with Crippen LogP contribution in [0, 0.1) is 5.82 Å². The Kier molecular flexibility index (Phi) is 3.20. The standard InChI is InChI=1S/C17H15FN4/c18-13-6-4-12(5-7-13)17-14-11-19-10-8-15(14)22(21-17)16-3-1-2-9-20-16/h1-7,9,19H,8,10-11H2. The normalized spacial score (nSPS) is 13.9. The van der Waals surface area contributed by atoms with Crippen LogP contribution < -0.4 is 5.32 Å². The van der Waals surface area contributed by atoms with E-state index >= 15 is 0 Å². The fraction of sp³-hybridized carbons (Fsp3) is 0.176. The summed E-state index contributed by atoms with van der Waals surface area (Å²) in [4.78, 5) is 4.40. The van der Waals surface area contributed by atoms with Gasteiger partial charge in [-0.05, 0) is 36.4 Å². The molecule has 0 atom stereocenters. The minimum absolute atomic E-state index is 0.236. The molecule has 1 N–H and O–H groups in total. The fourth-order valence-electron chi connectivity index (χ4n) is 2.86. The van der Waals surface area contributed by atoms with E-state index in [-0.39, 0.29) is 5.82 Å². The Balaban J connectivity index is 1.89. The smallest absolute Gasteiger partial charge is 0.153 e. The summed E-state index contributed by atoms with van der Waals surface area (Å²) in [7, 11) is 0. The second-order valence-electron chi connectivity index (χ2n) is 5.31. The molecule has 110 valence electrons. The van der Waals surface area contributed by atoms with Gasteiger partial charge < -0.3 is 5.32 Å². The predicted octanol–water partition coefficient (Wildman–Crippen LogP) is 2.72. The molecule has 0 amide bonds. The van der Waals surface area contributed by atoms with Gasteiger partial charge in [-0.2, -0.15) is 5.10 Å². The number of hydrogen-bond acceptors (Lipinski definition) is 3. The van der Waals surface area contributed by atoms with E-state index in [9.17, 15) is 4.39 Å². The van der Waals surface area contributed by atoms with E-state index in [1.807, 2.05) is 22.9 Å². The molecule has 0 bridgehead atoms. The maximum absolute atomic E-state index is 13.2. The molecular formula is C17H15FN4. The molecule has 1 aliphatic rings. The highest BCUT2D eigenvalue weighted by Gasteiger charge is 2.22. The van der Waals surface area contributed by atoms with Crippen molar-refractivity contribution < 1.29 is 4.39 Å². The molecule has 0 spiro atoms. The molecule has 3 heterocycles. The molecule has 4 rings (SSSR count). The van der Waals surface area contributed by atoms with Gasteiger partial charge in [0.2, 0.25) is 0 Å². The van der Waals surface area contributed by atoms with Gasteiger partial charge in [0.25, 0.3) is 0 Å². The number of nitrogens with zero attached hydrogens (tertiary/aromatic N) is 3. The van der Waals surface area contributed by atoms with Crippen molar-refractivity contribution in [1.82, 2.24) is 20.1 Å². The quantitative estimate of drug-likeness (QED) is 0.790. The van der Waals surface area contributed by atoms with Crippen molar-refractivity contribution in [2.75, 3.05) is 6.54 Å². The van der Waals surface area contributed by atoms with Gasteiger partial charge in [-0.15, -0.1) is 0 Å². The first-order chi connectivity index (χ1) is 10.8. The van der Waals surface area contributed by atoms with Gasteiger partial charge in [0.1, 0.15) is 5.82 Å². The summed E-state index contributed by atoms with van der Waals surface area (Å²) in [6, 6.07) is 12.3. The van der Waals surface area contributed by atoms with Gasteiger partial charge in [0.15, 0.2) is 5.82 Å². The molecule has 1 aromatic carbocycles. The zero-order valence-corrected chi connectivity index (χ0v) is 12.0. The predicted molar refractivity (Wildman–Crippen MR) is 82.2 cm³/mol. The minimum atomic E-state index is -0.236. The van der Waals surface area contributed by atoms with Crippen LogP contribution in [0.2, 0.25) is 0 Å². The van der Waals surface area contributed by atoms with Crippen molar-refractivity contribution in [3.63, 3.8) is 0 Å². The highest BCUT2D eigenvalue weighted by Crippen LogP contribution is 2.29. The fourth-order valence-corrected chi connectivity index (χ4v) is 2.86. The second kappa shape index (κ2) is 5.35. The lowest BCUT2D eigenvalue weighted by Crippen LogP contribution is -2.24. The van der Waals surface area contributed by atoms with Gasteiger partial charge in [0.05, 0.1) is 11.4 Å². The first-order valence-corrected chi connectivity index (χ1v) is 7.32. The lowest BCUT2D eigenvalue weighted by Gasteiger charge is -2.15. The molecule has 0 aliphatic carbocycles. The van der Waals surface area contributed by atoms with Crippen molar-refractivity contribution in [2.24, 2.45) is 0 Å². The monoisotopic (exact) mass is 294 g/mol. The van der Waals surface area contributed by atoms with Crippen LogP contribution >= 0.6 is 0 Å². The van der Waals surface area contributed by atoms with Crippen molar-refractivity contribution in [3.8, 4) is 17.1 Å². The Morgan fingerprint density at radius 1 is 1.09 bits per heavy atom. The van der Waals surface area contributed by atoms with Gasteiger partial charge in [0, 0.05) is 36.8 Å². The summed E-state index contributed by atoms with van der Waals surface area (Å²) in [6.45, 7) is 1.70. The molecule has 0 fully saturated rings. The first kappa shape index (κ1) is 13.2. The van der Waals surface area contributed by atoms with Crippen molar-refractivity contribution >= 4 is 0 Å². The Bertz CT molecular complexity index is 794. The highest BCUT2D eigenvalue weighted by atomic mass is 19.1. The van der Waals surface area contributed by atoms with E-state index in [1.54, 1.807) is 18.3 Å². The average molecular weight is 294 g/mol. The van der Waals surface area contributed by atoms with Crippen LogP contribution in [-0.2, 0) is 13.0 Å². The maximum atomic E-state index is 13.2. The molecule has 0 unspecified atom stereocenters. The van der Waals surface area contributed by atoms with Crippen LogP contribution in [0.25, 0.3) is 17.1 Å². The number of rotatable bonds is 2. The number of benzene rings is 1. The Morgan fingerprint density at radius 3 is 2.73 bits per heavy atom. The molecule has 0 saturated carbocycles. The zero-order chi connectivity index (χ0) is 14.9. The molecule has 5 heteroatoms. The Morgan fingerprint density at radius 2 is 1.95 bits per heavy atom. The third-order valence-corrected chi connectivity index (χ3v) is 3.91. The third-order valence-electron chi connectivity index (χ3n) is 3.91. The molecule has 0 radical (unpaired) electrons. The number of hydrogen-bond donors (Lipinski definition) is 1. The summed E-state index contributed by atoms with van der Waals surface area (Å²) in [5, 5.41) is 8.13. The Hall–Kier alpha value is -2.53. The van der Waals surface area contributed by atoms with Gasteiger partial charge in [-0.1, -0.05) is 6.07 Å². The molecule has 0 saturated heterocycles. The van der Waals surface area contributed by atoms with Crippen LogP contribution in [0.4, 0.5) is 4.39 Å². The number of nitrogens with one attached hydrogen (secondary N) is 1. The van der Waals surface area contributed by atoms with E-state index in [4.69, 9.17) is 5.10 Å². The topological polar surface area (TPSA) is 42.7 Å². The summed E-state index contributed by atoms with van der Waals surface area (Å²) >= 11 is 0. The zero-order valence-electron chi connectivity index (χ0n) is 12.0. The van der Waals surface area contributed by atoms with Crippen LogP contribution in [-0.4, -0.2) is 21.3 Å². The van der Waals surface area contributed by atoms with E-state index in [0.29, 0.717) is 0 Å². The van der Waals surface area contributed by atoms with E-state index in [2.05, 4.69) is 10.3 Å². The summed E-state index contributed by atoms with van der Waals surface area (Å²) in [5.74, 6) is 0.578. The molecular weight excluding hydrogens is 279 g/mol. The van der Waals surface area contributed by atoms with Gasteiger partial charge in [-0.3, -0.25) is 0 Å². The number of pyridine rings is 1. The minimum Gasteiger partial charge on any atom is -0.312 e. The van der Waals surface area contributed by atoms with Crippen molar-refractivity contribution in [2.45, 2.75) is 13.0 Å². The maximum Gasteiger partial charge on any atom is 0.153 e. The lowest BCUT2D eigenvalue weighted by molar-refractivity contribution is 0.620. The summed E-state index contributed by atoms with van der Waals surface area (Å²) < 4.78 is 15.1. The van der Waals surface area contributed by atoms with Crippen molar-refractivity contribution in [1.29, 1.82) is 0 Å². The molecule has 1 aliphatic heterocycles. The van der Waals surface area contributed by atoms with Crippen LogP contribution in [0.3, 0.4) is 0 Å². The molecule has 22 heavy (non-hydrogen) atoms. The summed E-state index contributed by atoms with van der Waals surface area (Å²) in [6.07, 6.45) is 2.67. The van der Waals surface area contributed by atoms with E-state index in [0.717, 1.165) is 36.6 Å². The molecule has 2 aromatic heterocycles. The van der Waals surface area contributed by atoms with Crippen LogP contribution in [0.15, 0.2) is 48.7 Å². The summed E-state index contributed by atoms with van der Waals surface area (Å²) in [5.41, 5.74) is 4.17. The van der Waals surface area contributed by atoms with Gasteiger partial charge in [-0.25, -0.2) is 14.1 Å². The lowest BCUT2D eigenvalue weighted by atomic mass is 10.0. The highest BCUT2D eigenvalue weighted by molar-refractivity contribution is 5.65. The number of fused-ring (bicyclic) bond motifs is 1. The second-order valence-corrected chi connectivity index (χ2v) is 5.31. The molecule has 4 nitrogen and oxygen atoms in total. The first-order valence-electron chi connectivity index (χ1n) is 7.32. The number of aromatic nitrogens is 3.